The Kier molecular flexibility index (Phi) is 7.86. The van der Waals surface area contributed by atoms with Crippen LogP contribution in [-0.2, 0) is 11.2 Å². The van der Waals surface area contributed by atoms with E-state index in [1.165, 1.54) is 56.4 Å². The van der Waals surface area contributed by atoms with Gasteiger partial charge < -0.3 is 14.5 Å². The highest BCUT2D eigenvalue weighted by Gasteiger charge is 2.28. The van der Waals surface area contributed by atoms with E-state index < -0.39 is 5.60 Å². The fourth-order valence-corrected chi connectivity index (χ4v) is 4.74. The van der Waals surface area contributed by atoms with Gasteiger partial charge in [0.1, 0.15) is 5.60 Å². The number of nitrogens with zero attached hydrogens (tertiary/aromatic N) is 2. The largest absolute Gasteiger partial charge is 0.444 e. The summed E-state index contributed by atoms with van der Waals surface area (Å²) in [6, 6.07) is 6.39. The number of amides is 1. The van der Waals surface area contributed by atoms with Crippen LogP contribution in [0.5, 0.6) is 0 Å². The van der Waals surface area contributed by atoms with Crippen molar-refractivity contribution in [3.63, 3.8) is 0 Å². The van der Waals surface area contributed by atoms with Crippen molar-refractivity contribution in [2.75, 3.05) is 32.7 Å². The zero-order valence-corrected chi connectivity index (χ0v) is 19.1. The molecule has 0 spiro atoms. The first kappa shape index (κ1) is 22.4. The van der Waals surface area contributed by atoms with Crippen LogP contribution in [0.3, 0.4) is 0 Å². The molecule has 1 aromatic rings. The van der Waals surface area contributed by atoms with Crippen LogP contribution >= 0.6 is 11.6 Å². The monoisotopic (exact) mass is 420 g/mol. The summed E-state index contributed by atoms with van der Waals surface area (Å²) in [4.78, 5) is 16.8. The number of halogens is 1. The lowest BCUT2D eigenvalue weighted by molar-refractivity contribution is 0.0204. The molecule has 0 atom stereocenters. The number of hydrogen-bond acceptors (Lipinski definition) is 3. The van der Waals surface area contributed by atoms with Gasteiger partial charge >= 0.3 is 6.09 Å². The van der Waals surface area contributed by atoms with Gasteiger partial charge in [-0.3, -0.25) is 0 Å². The van der Waals surface area contributed by atoms with Gasteiger partial charge in [-0.25, -0.2) is 4.79 Å². The predicted octanol–water partition coefficient (Wildman–Crippen LogP) is 5.87. The Morgan fingerprint density at radius 1 is 1.10 bits per heavy atom. The van der Waals surface area contributed by atoms with Crippen LogP contribution in [0.25, 0.3) is 0 Å². The molecule has 1 amide bonds. The fraction of sp³-hybridized carbons (Fsp3) is 0.708. The summed E-state index contributed by atoms with van der Waals surface area (Å²) < 4.78 is 5.53. The first-order valence-corrected chi connectivity index (χ1v) is 11.7. The lowest BCUT2D eigenvalue weighted by Gasteiger charge is -2.34. The first-order valence-electron chi connectivity index (χ1n) is 11.3. The van der Waals surface area contributed by atoms with Gasteiger partial charge in [0.2, 0.25) is 0 Å². The van der Waals surface area contributed by atoms with E-state index >= 15 is 0 Å². The van der Waals surface area contributed by atoms with Gasteiger partial charge in [0.15, 0.2) is 0 Å². The Balaban J connectivity index is 1.53. The molecule has 0 aliphatic carbocycles. The third-order valence-corrected chi connectivity index (χ3v) is 6.30. The van der Waals surface area contributed by atoms with Gasteiger partial charge in [0.05, 0.1) is 0 Å². The van der Waals surface area contributed by atoms with E-state index in [0.717, 1.165) is 37.4 Å². The number of rotatable bonds is 6. The average molecular weight is 421 g/mol. The number of benzene rings is 1. The van der Waals surface area contributed by atoms with Crippen LogP contribution in [0.4, 0.5) is 4.79 Å². The van der Waals surface area contributed by atoms with Crippen molar-refractivity contribution in [2.24, 2.45) is 0 Å². The third kappa shape index (κ3) is 6.89. The van der Waals surface area contributed by atoms with E-state index in [1.54, 1.807) is 0 Å². The average Bonchev–Trinajstić information content (AvgIpc) is 3.18. The van der Waals surface area contributed by atoms with Crippen LogP contribution in [0, 0.1) is 0 Å². The molecule has 1 aromatic carbocycles. The lowest BCUT2D eigenvalue weighted by Crippen LogP contribution is -2.41. The highest BCUT2D eigenvalue weighted by Crippen LogP contribution is 2.33. The van der Waals surface area contributed by atoms with Crippen molar-refractivity contribution in [2.45, 2.75) is 77.2 Å². The Hall–Kier alpha value is -1.26. The first-order chi connectivity index (χ1) is 13.8. The van der Waals surface area contributed by atoms with Crippen molar-refractivity contribution in [3.05, 3.63) is 34.3 Å². The smallest absolute Gasteiger partial charge is 0.410 e. The van der Waals surface area contributed by atoms with Crippen molar-refractivity contribution in [3.8, 4) is 0 Å². The fourth-order valence-electron chi connectivity index (χ4n) is 4.55. The number of likely N-dealkylation sites (tertiary alicyclic amines) is 2. The number of carbonyl (C=O) groups excluding carboxylic acids is 1. The number of piperidine rings is 1. The Morgan fingerprint density at radius 3 is 2.45 bits per heavy atom. The minimum Gasteiger partial charge on any atom is -0.444 e. The molecule has 2 aliphatic rings. The minimum atomic E-state index is -0.438. The summed E-state index contributed by atoms with van der Waals surface area (Å²) in [6.45, 7) is 11.1. The number of carbonyl (C=O) groups is 1. The molecule has 5 heteroatoms. The van der Waals surface area contributed by atoms with Gasteiger partial charge in [0.25, 0.3) is 0 Å². The lowest BCUT2D eigenvalue weighted by atomic mass is 9.85. The quantitative estimate of drug-likeness (QED) is 0.539. The molecule has 0 bridgehead atoms. The van der Waals surface area contributed by atoms with Crippen LogP contribution in [0.15, 0.2) is 18.2 Å². The Labute approximate surface area is 181 Å². The summed E-state index contributed by atoms with van der Waals surface area (Å²) in [5.41, 5.74) is 2.39. The molecule has 0 radical (unpaired) electrons. The van der Waals surface area contributed by atoms with Crippen LogP contribution in [-0.4, -0.2) is 54.2 Å². The predicted molar refractivity (Wildman–Crippen MR) is 120 cm³/mol. The molecule has 0 saturated carbocycles. The maximum atomic E-state index is 12.3. The van der Waals surface area contributed by atoms with Gasteiger partial charge in [0, 0.05) is 18.1 Å². The highest BCUT2D eigenvalue weighted by molar-refractivity contribution is 6.30. The normalized spacial score (nSPS) is 19.0. The second-order valence-corrected chi connectivity index (χ2v) is 10.0. The van der Waals surface area contributed by atoms with E-state index in [4.69, 9.17) is 16.3 Å². The summed E-state index contributed by atoms with van der Waals surface area (Å²) in [5, 5.41) is 0.828. The number of aryl methyl sites for hydroxylation is 1. The van der Waals surface area contributed by atoms with E-state index in [1.807, 2.05) is 31.7 Å². The molecule has 2 saturated heterocycles. The molecule has 0 aromatic heterocycles. The van der Waals surface area contributed by atoms with E-state index in [9.17, 15) is 4.79 Å². The topological polar surface area (TPSA) is 32.8 Å². The zero-order chi connectivity index (χ0) is 20.9. The summed E-state index contributed by atoms with van der Waals surface area (Å²) >= 11 is 6.32. The van der Waals surface area contributed by atoms with Gasteiger partial charge in [-0.15, -0.1) is 0 Å². The molecular formula is C24H37ClN2O2. The molecule has 4 nitrogen and oxygen atoms in total. The van der Waals surface area contributed by atoms with Crippen LogP contribution in [0.2, 0.25) is 5.02 Å². The molecule has 2 heterocycles. The molecular weight excluding hydrogens is 384 g/mol. The molecule has 0 N–H and O–H groups in total. The molecule has 2 fully saturated rings. The summed E-state index contributed by atoms with van der Waals surface area (Å²) in [5.74, 6) is 0.500. The van der Waals surface area contributed by atoms with Crippen LogP contribution in [0.1, 0.15) is 76.3 Å². The second kappa shape index (κ2) is 10.2. The summed E-state index contributed by atoms with van der Waals surface area (Å²) in [6.07, 6.45) is 8.07. The summed E-state index contributed by atoms with van der Waals surface area (Å²) in [7, 11) is 0. The maximum absolute atomic E-state index is 12.3. The zero-order valence-electron chi connectivity index (χ0n) is 18.4. The number of unbranched alkanes of at least 4 members (excludes halogenated alkanes) is 1. The molecule has 0 unspecified atom stereocenters. The van der Waals surface area contributed by atoms with Crippen LogP contribution < -0.4 is 0 Å². The van der Waals surface area contributed by atoms with Crippen molar-refractivity contribution < 1.29 is 9.53 Å². The van der Waals surface area contributed by atoms with Crippen molar-refractivity contribution in [1.82, 2.24) is 9.80 Å². The Morgan fingerprint density at radius 2 is 1.79 bits per heavy atom. The van der Waals surface area contributed by atoms with Gasteiger partial charge in [-0.05, 0) is 115 Å². The molecule has 2 aliphatic heterocycles. The SMILES string of the molecule is CC(C)(C)OC(=O)N1CCC(c2ccc(Cl)cc2CCCCN2CCCC2)CC1. The van der Waals surface area contributed by atoms with E-state index in [2.05, 4.69) is 17.0 Å². The molecule has 162 valence electrons. The standard InChI is InChI=1S/C24H37ClN2O2/c1-24(2,3)29-23(28)27-16-11-19(12-17-27)22-10-9-21(25)18-20(22)8-4-5-13-26-14-6-7-15-26/h9-10,18-19H,4-8,11-17H2,1-3H3. The number of hydrogen-bond donors (Lipinski definition) is 0. The van der Waals surface area contributed by atoms with Crippen molar-refractivity contribution >= 4 is 17.7 Å². The molecule has 3 rings (SSSR count). The second-order valence-electron chi connectivity index (χ2n) is 9.59. The van der Waals surface area contributed by atoms with Crippen molar-refractivity contribution in [1.29, 1.82) is 0 Å². The van der Waals surface area contributed by atoms with Gasteiger partial charge in [-0.1, -0.05) is 17.7 Å². The van der Waals surface area contributed by atoms with Gasteiger partial charge in [-0.2, -0.15) is 0 Å². The molecule has 29 heavy (non-hydrogen) atoms. The highest BCUT2D eigenvalue weighted by atomic mass is 35.5. The Bertz CT molecular complexity index is 672. The third-order valence-electron chi connectivity index (χ3n) is 6.06. The minimum absolute atomic E-state index is 0.186. The number of ether oxygens (including phenoxy) is 1. The van der Waals surface area contributed by atoms with E-state index in [0.29, 0.717) is 5.92 Å². The van der Waals surface area contributed by atoms with E-state index in [-0.39, 0.29) is 6.09 Å². The maximum Gasteiger partial charge on any atom is 0.410 e.